The summed E-state index contributed by atoms with van der Waals surface area (Å²) >= 11 is 1.74. The van der Waals surface area contributed by atoms with Gasteiger partial charge in [-0.15, -0.1) is 0 Å². The van der Waals surface area contributed by atoms with Gasteiger partial charge >= 0.3 is 33.3 Å². The Morgan fingerprint density at radius 1 is 0.789 bits per heavy atom. The Hall–Kier alpha value is -0.381. The van der Waals surface area contributed by atoms with E-state index in [1.165, 1.54) is 56.3 Å². The third-order valence-corrected chi connectivity index (χ3v) is 8.93. The van der Waals surface area contributed by atoms with E-state index in [4.69, 9.17) is 25.2 Å². The summed E-state index contributed by atoms with van der Waals surface area (Å²) in [6.07, 6.45) is 10.2. The van der Waals surface area contributed by atoms with Crippen molar-refractivity contribution in [2.24, 2.45) is 0 Å². The first kappa shape index (κ1) is 30.6. The van der Waals surface area contributed by atoms with Crippen LogP contribution in [0.2, 0.25) is 0 Å². The van der Waals surface area contributed by atoms with Gasteiger partial charge in [-0.05, 0) is 49.4 Å². The molecule has 5 N–H and O–H groups in total. The molecule has 211 valence electrons. The Morgan fingerprint density at radius 3 is 1.76 bits per heavy atom. The molecule has 6 nitrogen and oxygen atoms in total. The van der Waals surface area contributed by atoms with Crippen molar-refractivity contribution in [3.8, 4) is 0 Å². The second-order valence-electron chi connectivity index (χ2n) is 10.4. The minimum atomic E-state index is 0.00694. The first-order valence-corrected chi connectivity index (χ1v) is 17.9. The Kier molecular flexibility index (Phi) is 13.5. The maximum atomic E-state index is 9.81. The van der Waals surface area contributed by atoms with Crippen LogP contribution in [0.4, 0.5) is 0 Å². The molecule has 38 heavy (non-hydrogen) atoms. The molecule has 1 aromatic carbocycles. The first-order valence-electron chi connectivity index (χ1n) is 13.9. The number of pyridine rings is 1. The summed E-state index contributed by atoms with van der Waals surface area (Å²) < 4.78 is 0. The monoisotopic (exact) mass is 620 g/mol. The normalized spacial score (nSPS) is 26.5. The zero-order valence-corrected chi connectivity index (χ0v) is 25.4. The van der Waals surface area contributed by atoms with Gasteiger partial charge in [0.05, 0.1) is 18.0 Å². The standard InChI is InChI=1S/C28H41N5OS.2ClH.Mn/c34-19-20-7-1-6-12-28(20)35-23-15-21-17-31-26-10-4-2-8-24(26)29-13-14-30-25-9-3-5-11-27(25)32-18-22(16-23)33-21;;;/h1,6-7,12,15-16,24-27,29-32,34H,2-5,8-11,13-14,17-19H2;2*1H;/q;;;+2/p-2/t24-,25-,26-,27-;;;/m1.../s1. The molecule has 0 spiro atoms. The molecule has 2 saturated carbocycles. The minimum absolute atomic E-state index is 0.00694. The molecule has 2 bridgehead atoms. The first-order chi connectivity index (χ1) is 18.7. The summed E-state index contributed by atoms with van der Waals surface area (Å²) in [5.41, 5.74) is 3.18. The van der Waals surface area contributed by atoms with Crippen LogP contribution in [0.15, 0.2) is 46.2 Å². The van der Waals surface area contributed by atoms with Crippen LogP contribution in [0, 0.1) is 0 Å². The number of aliphatic hydroxyl groups excluding tert-OH is 1. The van der Waals surface area contributed by atoms with Crippen molar-refractivity contribution in [3.63, 3.8) is 0 Å². The van der Waals surface area contributed by atoms with Gasteiger partial charge in [-0.3, -0.25) is 4.98 Å². The molecule has 0 radical (unpaired) electrons. The van der Waals surface area contributed by atoms with Crippen LogP contribution in [0.3, 0.4) is 0 Å². The summed E-state index contributed by atoms with van der Waals surface area (Å²) in [6.45, 7) is 3.70. The molecule has 10 heteroatoms. The van der Waals surface area contributed by atoms with Gasteiger partial charge in [-0.25, -0.2) is 0 Å². The van der Waals surface area contributed by atoms with E-state index in [9.17, 15) is 5.11 Å². The molecule has 1 aliphatic heterocycles. The Labute approximate surface area is 246 Å². The van der Waals surface area contributed by atoms with E-state index in [-0.39, 0.29) is 19.7 Å². The molecular formula is C28H41Cl2MnN5OS. The number of halogens is 2. The number of rotatable bonds is 3. The van der Waals surface area contributed by atoms with Crippen molar-refractivity contribution in [2.45, 2.75) is 105 Å². The molecule has 1 aromatic heterocycles. The topological polar surface area (TPSA) is 81.2 Å². The molecule has 2 fully saturated rings. The number of hydrogen-bond acceptors (Lipinski definition) is 7. The molecule has 2 heterocycles. The van der Waals surface area contributed by atoms with Crippen LogP contribution in [0.25, 0.3) is 0 Å². The van der Waals surface area contributed by atoms with E-state index in [0.29, 0.717) is 24.2 Å². The van der Waals surface area contributed by atoms with E-state index in [1.54, 1.807) is 11.8 Å². The summed E-state index contributed by atoms with van der Waals surface area (Å²) in [5, 5.41) is 25.2. The number of nitrogens with one attached hydrogen (secondary N) is 4. The van der Waals surface area contributed by atoms with E-state index in [0.717, 1.165) is 48.0 Å². The third kappa shape index (κ3) is 9.34. The van der Waals surface area contributed by atoms with E-state index < -0.39 is 0 Å². The van der Waals surface area contributed by atoms with Gasteiger partial charge in [0, 0.05) is 60.1 Å². The molecule has 0 saturated heterocycles. The Morgan fingerprint density at radius 2 is 1.26 bits per heavy atom. The zero-order chi connectivity index (χ0) is 26.6. The fraction of sp³-hybridized carbons (Fsp3) is 0.607. The van der Waals surface area contributed by atoms with E-state index >= 15 is 0 Å². The summed E-state index contributed by atoms with van der Waals surface area (Å²) in [6, 6.07) is 14.6. The summed E-state index contributed by atoms with van der Waals surface area (Å²) in [5.74, 6) is 0. The van der Waals surface area contributed by atoms with Crippen LogP contribution in [-0.2, 0) is 32.8 Å². The average Bonchev–Trinajstić information content (AvgIpc) is 2.95. The number of fused-ring (bicyclic) bond motifs is 4. The summed E-state index contributed by atoms with van der Waals surface area (Å²) in [7, 11) is 9.59. The number of nitrogens with zero attached hydrogens (tertiary/aromatic N) is 1. The van der Waals surface area contributed by atoms with Crippen molar-refractivity contribution < 1.29 is 18.2 Å². The van der Waals surface area contributed by atoms with Gasteiger partial charge in [0.1, 0.15) is 0 Å². The fourth-order valence-corrected chi connectivity index (χ4v) is 7.00. The van der Waals surface area contributed by atoms with Crippen molar-refractivity contribution in [3.05, 3.63) is 53.3 Å². The Bertz CT molecular complexity index is 942. The van der Waals surface area contributed by atoms with Crippen LogP contribution < -0.4 is 21.3 Å². The fourth-order valence-electron chi connectivity index (χ4n) is 5.95. The Balaban J connectivity index is 0.00000107. The molecule has 3 aliphatic rings. The SMILES string of the molecule is OCc1ccccc1Sc1cc2nc(c1)CN[C@@H]1CCCC[C@H]1NCCN[C@@H]1CCCC[C@H]1NC2.[Cl][Mn][Cl]. The molecule has 0 amide bonds. The van der Waals surface area contributed by atoms with E-state index in [1.807, 2.05) is 18.2 Å². The number of aliphatic hydroxyl groups is 1. The molecule has 0 unspecified atom stereocenters. The number of benzene rings is 1. The predicted molar refractivity (Wildman–Crippen MR) is 154 cm³/mol. The van der Waals surface area contributed by atoms with Crippen LogP contribution in [-0.4, -0.2) is 47.3 Å². The molecule has 2 aromatic rings. The summed E-state index contributed by atoms with van der Waals surface area (Å²) in [4.78, 5) is 7.37. The van der Waals surface area contributed by atoms with Gasteiger partial charge in [-0.1, -0.05) is 55.6 Å². The van der Waals surface area contributed by atoms with Gasteiger partial charge in [0.15, 0.2) is 0 Å². The third-order valence-electron chi connectivity index (χ3n) is 7.84. The second kappa shape index (κ2) is 16.8. The van der Waals surface area contributed by atoms with E-state index in [2.05, 4.69) is 39.5 Å². The molecular weight excluding hydrogens is 580 g/mol. The van der Waals surface area contributed by atoms with Crippen molar-refractivity contribution >= 4 is 32.0 Å². The van der Waals surface area contributed by atoms with Gasteiger partial charge in [0.25, 0.3) is 0 Å². The van der Waals surface area contributed by atoms with Gasteiger partial charge in [-0.2, -0.15) is 0 Å². The maximum absolute atomic E-state index is 9.81. The zero-order valence-electron chi connectivity index (χ0n) is 21.9. The van der Waals surface area contributed by atoms with Crippen LogP contribution >= 0.6 is 32.0 Å². The number of hydrogen-bond donors (Lipinski definition) is 5. The van der Waals surface area contributed by atoms with Gasteiger partial charge in [0.2, 0.25) is 0 Å². The number of aromatic nitrogens is 1. The van der Waals surface area contributed by atoms with Crippen LogP contribution in [0.5, 0.6) is 0 Å². The molecule has 2 aliphatic carbocycles. The molecule has 5 rings (SSSR count). The van der Waals surface area contributed by atoms with Crippen molar-refractivity contribution in [2.75, 3.05) is 13.1 Å². The predicted octanol–water partition coefficient (Wildman–Crippen LogP) is 5.10. The van der Waals surface area contributed by atoms with Crippen molar-refractivity contribution in [1.29, 1.82) is 0 Å². The van der Waals surface area contributed by atoms with Crippen LogP contribution in [0.1, 0.15) is 68.3 Å². The average molecular weight is 622 g/mol. The van der Waals surface area contributed by atoms with Gasteiger partial charge < -0.3 is 26.4 Å². The second-order valence-corrected chi connectivity index (χ2v) is 13.4. The quantitative estimate of drug-likeness (QED) is 0.306. The van der Waals surface area contributed by atoms with Crippen molar-refractivity contribution in [1.82, 2.24) is 26.3 Å². The molecule has 4 atom stereocenters.